The van der Waals surface area contributed by atoms with Crippen LogP contribution in [0, 0.1) is 6.92 Å². The fourth-order valence-corrected chi connectivity index (χ4v) is 3.10. The second-order valence-corrected chi connectivity index (χ2v) is 7.05. The third-order valence-electron chi connectivity index (χ3n) is 3.06. The van der Waals surface area contributed by atoms with E-state index < -0.39 is 0 Å². The zero-order chi connectivity index (χ0) is 15.7. The minimum absolute atomic E-state index is 0. The molecule has 0 amide bonds. The summed E-state index contributed by atoms with van der Waals surface area (Å²) in [7, 11) is 4.19. The van der Waals surface area contributed by atoms with E-state index in [-0.39, 0.29) is 24.0 Å². The van der Waals surface area contributed by atoms with E-state index in [2.05, 4.69) is 67.5 Å². The Balaban J connectivity index is 0.00000441. The largest absolute Gasteiger partial charge is 0.357 e. The molecule has 1 heterocycles. The third-order valence-corrected chi connectivity index (χ3v) is 4.09. The van der Waals surface area contributed by atoms with E-state index in [1.165, 1.54) is 9.75 Å². The fourth-order valence-electron chi connectivity index (χ4n) is 2.08. The third kappa shape index (κ3) is 9.63. The lowest BCUT2D eigenvalue weighted by atomic mass is 10.2. The normalized spacial score (nSPS) is 12.9. The van der Waals surface area contributed by atoms with E-state index in [0.717, 1.165) is 38.4 Å². The van der Waals surface area contributed by atoms with Gasteiger partial charge < -0.3 is 15.5 Å². The molecular formula is C16H31IN4S. The molecule has 1 unspecified atom stereocenters. The number of halogens is 1. The Morgan fingerprint density at radius 1 is 1.36 bits per heavy atom. The summed E-state index contributed by atoms with van der Waals surface area (Å²) in [4.78, 5) is 9.64. The number of hydrogen-bond donors (Lipinski definition) is 2. The van der Waals surface area contributed by atoms with Gasteiger partial charge in [0.2, 0.25) is 0 Å². The number of thiophene rings is 1. The molecule has 0 saturated heterocycles. The number of nitrogens with one attached hydrogen (secondary N) is 2. The Bertz CT molecular complexity index is 432. The predicted molar refractivity (Wildman–Crippen MR) is 110 cm³/mol. The topological polar surface area (TPSA) is 39.7 Å². The number of aryl methyl sites for hydroxylation is 1. The van der Waals surface area contributed by atoms with Crippen molar-refractivity contribution in [3.8, 4) is 0 Å². The first kappa shape index (κ1) is 21.7. The highest BCUT2D eigenvalue weighted by molar-refractivity contribution is 14.0. The summed E-state index contributed by atoms with van der Waals surface area (Å²) in [5.41, 5.74) is 0. The van der Waals surface area contributed by atoms with Crippen LogP contribution in [-0.4, -0.2) is 50.6 Å². The Morgan fingerprint density at radius 3 is 2.64 bits per heavy atom. The van der Waals surface area contributed by atoms with E-state index in [9.17, 15) is 0 Å². The van der Waals surface area contributed by atoms with Gasteiger partial charge in [0.05, 0.1) is 0 Å². The average Bonchev–Trinajstić information content (AvgIpc) is 2.79. The predicted octanol–water partition coefficient (Wildman–Crippen LogP) is 3.11. The molecule has 0 saturated carbocycles. The molecule has 1 aromatic heterocycles. The lowest BCUT2D eigenvalue weighted by Gasteiger charge is -2.17. The highest BCUT2D eigenvalue weighted by Gasteiger charge is 2.07. The van der Waals surface area contributed by atoms with Crippen molar-refractivity contribution < 1.29 is 0 Å². The van der Waals surface area contributed by atoms with Gasteiger partial charge >= 0.3 is 0 Å². The minimum atomic E-state index is 0. The lowest BCUT2D eigenvalue weighted by Crippen LogP contribution is -2.43. The van der Waals surface area contributed by atoms with Crippen LogP contribution in [0.25, 0.3) is 0 Å². The van der Waals surface area contributed by atoms with Crippen LogP contribution in [0.1, 0.15) is 30.0 Å². The molecule has 1 atom stereocenters. The maximum atomic E-state index is 4.64. The standard InChI is InChI=1S/C16H30N4S.HI/c1-6-17-16(18-10-7-11-20(4)5)19-13(2)12-15-9-8-14(3)21-15;/h8-9,13H,6-7,10-12H2,1-5H3,(H2,17,18,19);1H. The molecule has 6 heteroatoms. The molecule has 2 N–H and O–H groups in total. The van der Waals surface area contributed by atoms with E-state index in [1.54, 1.807) is 0 Å². The molecule has 4 nitrogen and oxygen atoms in total. The number of guanidine groups is 1. The highest BCUT2D eigenvalue weighted by atomic mass is 127. The van der Waals surface area contributed by atoms with Crippen molar-refractivity contribution in [2.75, 3.05) is 33.7 Å². The van der Waals surface area contributed by atoms with Gasteiger partial charge in [0.1, 0.15) is 0 Å². The van der Waals surface area contributed by atoms with Gasteiger partial charge in [0.15, 0.2) is 5.96 Å². The first-order valence-electron chi connectivity index (χ1n) is 7.76. The van der Waals surface area contributed by atoms with Crippen LogP contribution >= 0.6 is 35.3 Å². The first-order valence-corrected chi connectivity index (χ1v) is 8.57. The molecule has 22 heavy (non-hydrogen) atoms. The first-order chi connectivity index (χ1) is 10.0. The molecule has 0 bridgehead atoms. The fraction of sp³-hybridized carbons (Fsp3) is 0.688. The molecule has 0 fully saturated rings. The van der Waals surface area contributed by atoms with Crippen LogP contribution in [-0.2, 0) is 6.42 Å². The van der Waals surface area contributed by atoms with Gasteiger partial charge in [0.25, 0.3) is 0 Å². The van der Waals surface area contributed by atoms with Crippen LogP contribution in [0.5, 0.6) is 0 Å². The average molecular weight is 438 g/mol. The molecule has 1 rings (SSSR count). The second-order valence-electron chi connectivity index (χ2n) is 5.68. The summed E-state index contributed by atoms with van der Waals surface area (Å²) >= 11 is 1.88. The van der Waals surface area contributed by atoms with Crippen LogP contribution in [0.4, 0.5) is 0 Å². The van der Waals surface area contributed by atoms with E-state index >= 15 is 0 Å². The highest BCUT2D eigenvalue weighted by Crippen LogP contribution is 2.16. The van der Waals surface area contributed by atoms with Gasteiger partial charge in [-0.05, 0) is 60.0 Å². The number of nitrogens with zero attached hydrogens (tertiary/aromatic N) is 2. The number of aliphatic imine (C=N–C) groups is 1. The zero-order valence-electron chi connectivity index (χ0n) is 14.5. The lowest BCUT2D eigenvalue weighted by molar-refractivity contribution is 0.403. The Morgan fingerprint density at radius 2 is 2.09 bits per heavy atom. The molecule has 0 aliphatic carbocycles. The van der Waals surface area contributed by atoms with Crippen molar-refractivity contribution in [1.29, 1.82) is 0 Å². The quantitative estimate of drug-likeness (QED) is 0.284. The SMILES string of the molecule is CCNC(=NCCCN(C)C)NC(C)Cc1ccc(C)s1.I. The smallest absolute Gasteiger partial charge is 0.191 e. The van der Waals surface area contributed by atoms with E-state index in [1.807, 2.05) is 11.3 Å². The minimum Gasteiger partial charge on any atom is -0.357 e. The van der Waals surface area contributed by atoms with Gasteiger partial charge in [-0.1, -0.05) is 0 Å². The number of rotatable bonds is 8. The molecule has 0 aromatic carbocycles. The summed E-state index contributed by atoms with van der Waals surface area (Å²) in [6.07, 6.45) is 2.13. The van der Waals surface area contributed by atoms with Crippen LogP contribution < -0.4 is 10.6 Å². The maximum Gasteiger partial charge on any atom is 0.191 e. The van der Waals surface area contributed by atoms with Gasteiger partial charge in [-0.15, -0.1) is 35.3 Å². The zero-order valence-corrected chi connectivity index (χ0v) is 17.6. The number of hydrogen-bond acceptors (Lipinski definition) is 3. The molecular weight excluding hydrogens is 407 g/mol. The van der Waals surface area contributed by atoms with Crippen molar-refractivity contribution in [2.45, 2.75) is 39.7 Å². The summed E-state index contributed by atoms with van der Waals surface area (Å²) < 4.78 is 0. The van der Waals surface area contributed by atoms with E-state index in [0.29, 0.717) is 6.04 Å². The second kappa shape index (κ2) is 12.1. The van der Waals surface area contributed by atoms with Crippen LogP contribution in [0.3, 0.4) is 0 Å². The monoisotopic (exact) mass is 438 g/mol. The van der Waals surface area contributed by atoms with Crippen molar-refractivity contribution in [3.05, 3.63) is 21.9 Å². The van der Waals surface area contributed by atoms with Crippen LogP contribution in [0.2, 0.25) is 0 Å². The summed E-state index contributed by atoms with van der Waals surface area (Å²) in [6, 6.07) is 4.79. The van der Waals surface area contributed by atoms with Gasteiger partial charge in [-0.3, -0.25) is 4.99 Å². The molecule has 128 valence electrons. The Labute approximate surface area is 156 Å². The van der Waals surface area contributed by atoms with Gasteiger partial charge in [0, 0.05) is 35.3 Å². The molecule has 1 aromatic rings. The molecule has 0 aliphatic rings. The van der Waals surface area contributed by atoms with E-state index in [4.69, 9.17) is 0 Å². The van der Waals surface area contributed by atoms with Crippen molar-refractivity contribution in [3.63, 3.8) is 0 Å². The van der Waals surface area contributed by atoms with Crippen molar-refractivity contribution in [2.24, 2.45) is 4.99 Å². The van der Waals surface area contributed by atoms with Crippen molar-refractivity contribution >= 4 is 41.3 Å². The molecule has 0 spiro atoms. The van der Waals surface area contributed by atoms with Crippen LogP contribution in [0.15, 0.2) is 17.1 Å². The van der Waals surface area contributed by atoms with Gasteiger partial charge in [-0.25, -0.2) is 0 Å². The molecule has 0 radical (unpaired) electrons. The summed E-state index contributed by atoms with van der Waals surface area (Å²) in [5, 5.41) is 6.82. The Kier molecular flexibility index (Phi) is 11.9. The Hall–Kier alpha value is -0.340. The maximum absolute atomic E-state index is 4.64. The summed E-state index contributed by atoms with van der Waals surface area (Å²) in [5.74, 6) is 0.928. The molecule has 0 aliphatic heterocycles. The summed E-state index contributed by atoms with van der Waals surface area (Å²) in [6.45, 7) is 9.30. The van der Waals surface area contributed by atoms with Gasteiger partial charge in [-0.2, -0.15) is 0 Å². The van der Waals surface area contributed by atoms with Crippen molar-refractivity contribution in [1.82, 2.24) is 15.5 Å².